The predicted octanol–water partition coefficient (Wildman–Crippen LogP) is 3.04. The molecule has 1 heterocycles. The first-order chi connectivity index (χ1) is 10.1. The molecule has 2 aromatic rings. The SMILES string of the molecule is CCn1cc(N[C@@H](C)CC(=O)Nc2ccc(C)cc2)cn1. The van der Waals surface area contributed by atoms with Gasteiger partial charge in [-0.05, 0) is 32.9 Å². The number of anilines is 2. The summed E-state index contributed by atoms with van der Waals surface area (Å²) in [5.74, 6) is 0.00161. The fourth-order valence-corrected chi connectivity index (χ4v) is 2.07. The number of carbonyl (C=O) groups excluding carboxylic acids is 1. The van der Waals surface area contributed by atoms with Crippen molar-refractivity contribution in [3.8, 4) is 0 Å². The highest BCUT2D eigenvalue weighted by Crippen LogP contribution is 2.11. The molecule has 1 aromatic heterocycles. The van der Waals surface area contributed by atoms with Crippen molar-refractivity contribution in [2.75, 3.05) is 10.6 Å². The lowest BCUT2D eigenvalue weighted by Gasteiger charge is -2.13. The zero-order valence-corrected chi connectivity index (χ0v) is 12.8. The van der Waals surface area contributed by atoms with Crippen molar-refractivity contribution in [1.82, 2.24) is 9.78 Å². The Morgan fingerprint density at radius 2 is 2.00 bits per heavy atom. The average Bonchev–Trinajstić information content (AvgIpc) is 2.88. The molecule has 0 radical (unpaired) electrons. The molecule has 2 rings (SSSR count). The number of aromatic nitrogens is 2. The summed E-state index contributed by atoms with van der Waals surface area (Å²) >= 11 is 0. The lowest BCUT2D eigenvalue weighted by Crippen LogP contribution is -2.23. The molecule has 112 valence electrons. The summed E-state index contributed by atoms with van der Waals surface area (Å²) in [5.41, 5.74) is 2.94. The molecule has 0 spiro atoms. The summed E-state index contributed by atoms with van der Waals surface area (Å²) in [6.45, 7) is 6.88. The second-order valence-electron chi connectivity index (χ2n) is 5.25. The summed E-state index contributed by atoms with van der Waals surface area (Å²) in [5, 5.41) is 10.4. The van der Waals surface area contributed by atoms with Crippen LogP contribution in [-0.2, 0) is 11.3 Å². The maximum atomic E-state index is 12.0. The van der Waals surface area contributed by atoms with Crippen LogP contribution >= 0.6 is 0 Å². The van der Waals surface area contributed by atoms with Gasteiger partial charge in [-0.15, -0.1) is 0 Å². The van der Waals surface area contributed by atoms with Crippen LogP contribution in [0, 0.1) is 6.92 Å². The zero-order valence-electron chi connectivity index (χ0n) is 12.8. The van der Waals surface area contributed by atoms with E-state index in [1.54, 1.807) is 6.20 Å². The Bertz CT molecular complexity index is 589. The van der Waals surface area contributed by atoms with Crippen LogP contribution in [0.5, 0.6) is 0 Å². The molecule has 0 aliphatic rings. The van der Waals surface area contributed by atoms with Crippen molar-refractivity contribution in [3.05, 3.63) is 42.2 Å². The summed E-state index contributed by atoms with van der Waals surface area (Å²) in [4.78, 5) is 12.0. The number of nitrogens with zero attached hydrogens (tertiary/aromatic N) is 2. The molecule has 0 unspecified atom stereocenters. The fourth-order valence-electron chi connectivity index (χ4n) is 2.07. The van der Waals surface area contributed by atoms with Crippen LogP contribution in [0.4, 0.5) is 11.4 Å². The van der Waals surface area contributed by atoms with Gasteiger partial charge in [0, 0.05) is 30.9 Å². The van der Waals surface area contributed by atoms with Gasteiger partial charge < -0.3 is 10.6 Å². The van der Waals surface area contributed by atoms with Gasteiger partial charge in [0.1, 0.15) is 0 Å². The van der Waals surface area contributed by atoms with E-state index in [4.69, 9.17) is 0 Å². The molecular formula is C16H22N4O. The normalized spacial score (nSPS) is 12.0. The van der Waals surface area contributed by atoms with Crippen LogP contribution in [0.2, 0.25) is 0 Å². The molecule has 0 aliphatic carbocycles. The highest BCUT2D eigenvalue weighted by Gasteiger charge is 2.10. The Morgan fingerprint density at radius 1 is 1.29 bits per heavy atom. The third kappa shape index (κ3) is 4.63. The lowest BCUT2D eigenvalue weighted by molar-refractivity contribution is -0.116. The van der Waals surface area contributed by atoms with Gasteiger partial charge >= 0.3 is 0 Å². The first kappa shape index (κ1) is 15.1. The summed E-state index contributed by atoms with van der Waals surface area (Å²) in [6, 6.07) is 7.84. The Kier molecular flexibility index (Phi) is 4.98. The van der Waals surface area contributed by atoms with Gasteiger partial charge in [0.15, 0.2) is 0 Å². The molecular weight excluding hydrogens is 264 g/mol. The molecule has 0 saturated heterocycles. The van der Waals surface area contributed by atoms with E-state index in [0.29, 0.717) is 6.42 Å². The van der Waals surface area contributed by atoms with E-state index >= 15 is 0 Å². The Hall–Kier alpha value is -2.30. The van der Waals surface area contributed by atoms with Crippen molar-refractivity contribution in [2.24, 2.45) is 0 Å². The second kappa shape index (κ2) is 6.92. The summed E-state index contributed by atoms with van der Waals surface area (Å²) in [6.07, 6.45) is 4.12. The second-order valence-corrected chi connectivity index (χ2v) is 5.25. The number of hydrogen-bond donors (Lipinski definition) is 2. The van der Waals surface area contributed by atoms with E-state index in [-0.39, 0.29) is 11.9 Å². The number of aryl methyl sites for hydroxylation is 2. The van der Waals surface area contributed by atoms with E-state index in [1.165, 1.54) is 5.56 Å². The topological polar surface area (TPSA) is 59.0 Å². The van der Waals surface area contributed by atoms with E-state index in [9.17, 15) is 4.79 Å². The quantitative estimate of drug-likeness (QED) is 0.858. The number of carbonyl (C=O) groups is 1. The maximum absolute atomic E-state index is 12.0. The highest BCUT2D eigenvalue weighted by atomic mass is 16.1. The van der Waals surface area contributed by atoms with Crippen molar-refractivity contribution in [1.29, 1.82) is 0 Å². The Labute approximate surface area is 125 Å². The van der Waals surface area contributed by atoms with Gasteiger partial charge in [-0.3, -0.25) is 9.48 Å². The lowest BCUT2D eigenvalue weighted by atomic mass is 10.2. The van der Waals surface area contributed by atoms with E-state index < -0.39 is 0 Å². The van der Waals surface area contributed by atoms with Gasteiger partial charge in [0.2, 0.25) is 5.91 Å². The molecule has 2 N–H and O–H groups in total. The van der Waals surface area contributed by atoms with Gasteiger partial charge in [-0.25, -0.2) is 0 Å². The first-order valence-corrected chi connectivity index (χ1v) is 7.22. The minimum absolute atomic E-state index is 0.00161. The standard InChI is InChI=1S/C16H22N4O/c1-4-20-11-15(10-17-20)18-13(3)9-16(21)19-14-7-5-12(2)6-8-14/h5-8,10-11,13,18H,4,9H2,1-3H3,(H,19,21)/t13-/m0/s1. The van der Waals surface area contributed by atoms with E-state index in [1.807, 2.05) is 55.9 Å². The minimum Gasteiger partial charge on any atom is -0.380 e. The largest absolute Gasteiger partial charge is 0.380 e. The molecule has 21 heavy (non-hydrogen) atoms. The number of hydrogen-bond acceptors (Lipinski definition) is 3. The molecule has 5 heteroatoms. The first-order valence-electron chi connectivity index (χ1n) is 7.22. The molecule has 1 aromatic carbocycles. The molecule has 1 amide bonds. The van der Waals surface area contributed by atoms with Gasteiger partial charge in [0.25, 0.3) is 0 Å². The van der Waals surface area contributed by atoms with E-state index in [2.05, 4.69) is 15.7 Å². The van der Waals surface area contributed by atoms with Crippen molar-refractivity contribution < 1.29 is 4.79 Å². The van der Waals surface area contributed by atoms with Crippen LogP contribution in [0.15, 0.2) is 36.7 Å². The minimum atomic E-state index is 0.00161. The predicted molar refractivity (Wildman–Crippen MR) is 85.4 cm³/mol. The molecule has 0 bridgehead atoms. The highest BCUT2D eigenvalue weighted by molar-refractivity contribution is 5.91. The molecule has 0 saturated carbocycles. The monoisotopic (exact) mass is 286 g/mol. The molecule has 0 aliphatic heterocycles. The van der Waals surface area contributed by atoms with E-state index in [0.717, 1.165) is 17.9 Å². The van der Waals surface area contributed by atoms with Gasteiger partial charge in [0.05, 0.1) is 11.9 Å². The number of rotatable bonds is 6. The average molecular weight is 286 g/mol. The van der Waals surface area contributed by atoms with Crippen molar-refractivity contribution in [2.45, 2.75) is 39.8 Å². The summed E-state index contributed by atoms with van der Waals surface area (Å²) < 4.78 is 1.85. The van der Waals surface area contributed by atoms with Crippen LogP contribution in [-0.4, -0.2) is 21.7 Å². The van der Waals surface area contributed by atoms with Gasteiger partial charge in [-0.2, -0.15) is 5.10 Å². The Balaban J connectivity index is 1.82. The van der Waals surface area contributed by atoms with Crippen molar-refractivity contribution in [3.63, 3.8) is 0 Å². The number of benzene rings is 1. The van der Waals surface area contributed by atoms with Crippen LogP contribution in [0.25, 0.3) is 0 Å². The Morgan fingerprint density at radius 3 is 2.62 bits per heavy atom. The maximum Gasteiger partial charge on any atom is 0.226 e. The molecule has 0 fully saturated rings. The zero-order chi connectivity index (χ0) is 15.2. The van der Waals surface area contributed by atoms with Crippen molar-refractivity contribution >= 4 is 17.3 Å². The molecule has 5 nitrogen and oxygen atoms in total. The third-order valence-corrected chi connectivity index (χ3v) is 3.20. The third-order valence-electron chi connectivity index (χ3n) is 3.20. The molecule has 1 atom stereocenters. The van der Waals surface area contributed by atoms with Gasteiger partial charge in [-0.1, -0.05) is 17.7 Å². The van der Waals surface area contributed by atoms with Crippen LogP contribution in [0.3, 0.4) is 0 Å². The fraction of sp³-hybridized carbons (Fsp3) is 0.375. The smallest absolute Gasteiger partial charge is 0.226 e. The van der Waals surface area contributed by atoms with Crippen LogP contribution < -0.4 is 10.6 Å². The van der Waals surface area contributed by atoms with Crippen LogP contribution in [0.1, 0.15) is 25.8 Å². The summed E-state index contributed by atoms with van der Waals surface area (Å²) in [7, 11) is 0. The number of nitrogens with one attached hydrogen (secondary N) is 2. The number of amides is 1.